The third-order valence-corrected chi connectivity index (χ3v) is 8.23. The number of hydrogen-bond donors (Lipinski definition) is 1. The van der Waals surface area contributed by atoms with Crippen molar-refractivity contribution in [1.29, 1.82) is 0 Å². The molecule has 3 aromatic carbocycles. The summed E-state index contributed by atoms with van der Waals surface area (Å²) >= 11 is 0. The van der Waals surface area contributed by atoms with E-state index >= 15 is 0 Å². The first-order valence-electron chi connectivity index (χ1n) is 14.0. The van der Waals surface area contributed by atoms with Gasteiger partial charge in [0.15, 0.2) is 23.0 Å². The zero-order valence-corrected chi connectivity index (χ0v) is 23.9. The van der Waals surface area contributed by atoms with Gasteiger partial charge in [-0.1, -0.05) is 30.7 Å². The van der Waals surface area contributed by atoms with Gasteiger partial charge in [-0.2, -0.15) is 0 Å². The summed E-state index contributed by atoms with van der Waals surface area (Å²) in [7, 11) is 6.49. The molecule has 0 bridgehead atoms. The minimum atomic E-state index is -0.505. The molecule has 0 radical (unpaired) electrons. The lowest BCUT2D eigenvalue weighted by Crippen LogP contribution is -2.39. The van der Waals surface area contributed by atoms with Crippen LogP contribution < -0.4 is 18.9 Å². The molecule has 1 fully saturated rings. The van der Waals surface area contributed by atoms with Gasteiger partial charge in [-0.3, -0.25) is 4.79 Å². The maximum atomic E-state index is 13.2. The van der Waals surface area contributed by atoms with Crippen LogP contribution in [-0.4, -0.2) is 81.5 Å². The molecule has 3 aromatic rings. The summed E-state index contributed by atoms with van der Waals surface area (Å²) in [5.41, 5.74) is 2.76. The van der Waals surface area contributed by atoms with Gasteiger partial charge in [0.2, 0.25) is 0 Å². The maximum absolute atomic E-state index is 13.2. The number of hydrogen-bond acceptors (Lipinski definition) is 7. The molecule has 1 saturated heterocycles. The molecule has 2 atom stereocenters. The molecule has 8 heteroatoms. The molecule has 2 heterocycles. The van der Waals surface area contributed by atoms with Crippen LogP contribution in [0.3, 0.4) is 0 Å². The highest BCUT2D eigenvalue weighted by atomic mass is 16.5. The summed E-state index contributed by atoms with van der Waals surface area (Å²) in [6, 6.07) is 13.8. The van der Waals surface area contributed by atoms with E-state index in [1.807, 2.05) is 35.2 Å². The largest absolute Gasteiger partial charge is 0.493 e. The van der Waals surface area contributed by atoms with Crippen LogP contribution in [0.25, 0.3) is 10.8 Å². The fourth-order valence-electron chi connectivity index (χ4n) is 6.33. The van der Waals surface area contributed by atoms with E-state index in [0.29, 0.717) is 60.5 Å². The second-order valence-corrected chi connectivity index (χ2v) is 10.8. The molecule has 0 saturated carbocycles. The minimum Gasteiger partial charge on any atom is -0.493 e. The Morgan fingerprint density at radius 2 is 1.70 bits per heavy atom. The van der Waals surface area contributed by atoms with Crippen LogP contribution in [0, 0.1) is 5.92 Å². The van der Waals surface area contributed by atoms with Crippen molar-refractivity contribution in [3.05, 3.63) is 59.2 Å². The molecule has 1 N–H and O–H groups in total. The van der Waals surface area contributed by atoms with E-state index in [9.17, 15) is 9.90 Å². The van der Waals surface area contributed by atoms with Crippen molar-refractivity contribution >= 4 is 16.7 Å². The zero-order valence-electron chi connectivity index (χ0n) is 23.9. The van der Waals surface area contributed by atoms with E-state index < -0.39 is 6.10 Å². The third-order valence-electron chi connectivity index (χ3n) is 8.23. The smallest absolute Gasteiger partial charge is 0.254 e. The first-order valence-corrected chi connectivity index (χ1v) is 14.0. The quantitative estimate of drug-likeness (QED) is 0.399. The van der Waals surface area contributed by atoms with Crippen molar-refractivity contribution < 1.29 is 28.8 Å². The average molecular weight is 549 g/mol. The summed E-state index contributed by atoms with van der Waals surface area (Å²) in [6.45, 7) is 3.71. The Kier molecular flexibility index (Phi) is 8.66. The molecule has 0 spiro atoms. The Labute approximate surface area is 236 Å². The molecule has 8 nitrogen and oxygen atoms in total. The van der Waals surface area contributed by atoms with Crippen molar-refractivity contribution in [2.75, 3.05) is 54.6 Å². The van der Waals surface area contributed by atoms with Gasteiger partial charge in [0.05, 0.1) is 34.5 Å². The number of ether oxygens (including phenoxy) is 4. The highest BCUT2D eigenvalue weighted by Gasteiger charge is 2.32. The number of amides is 1. The third kappa shape index (κ3) is 5.69. The molecule has 5 rings (SSSR count). The van der Waals surface area contributed by atoms with Crippen LogP contribution in [0.2, 0.25) is 0 Å². The second-order valence-electron chi connectivity index (χ2n) is 10.8. The fourth-order valence-corrected chi connectivity index (χ4v) is 6.33. The number of nitrogens with zero attached hydrogens (tertiary/aromatic N) is 2. The highest BCUT2D eigenvalue weighted by Crippen LogP contribution is 2.37. The van der Waals surface area contributed by atoms with Gasteiger partial charge in [-0.25, -0.2) is 0 Å². The van der Waals surface area contributed by atoms with Gasteiger partial charge < -0.3 is 33.9 Å². The van der Waals surface area contributed by atoms with Crippen molar-refractivity contribution in [3.8, 4) is 23.0 Å². The Morgan fingerprint density at radius 3 is 2.45 bits per heavy atom. The van der Waals surface area contributed by atoms with Gasteiger partial charge in [0, 0.05) is 43.5 Å². The van der Waals surface area contributed by atoms with Crippen LogP contribution in [0.1, 0.15) is 40.7 Å². The van der Waals surface area contributed by atoms with E-state index in [1.165, 1.54) is 0 Å². The number of β-amino-alcohol motifs (C(OH)–C–C–N with tert-alkyl or cyclic N) is 1. The number of carbonyl (C=O) groups excluding carboxylic acids is 1. The van der Waals surface area contributed by atoms with Gasteiger partial charge in [-0.15, -0.1) is 0 Å². The van der Waals surface area contributed by atoms with Crippen LogP contribution in [0.15, 0.2) is 42.5 Å². The molecular weight excluding hydrogens is 508 g/mol. The van der Waals surface area contributed by atoms with Gasteiger partial charge in [0.25, 0.3) is 5.91 Å². The predicted octanol–water partition coefficient (Wildman–Crippen LogP) is 4.54. The van der Waals surface area contributed by atoms with Crippen LogP contribution in [0.4, 0.5) is 0 Å². The standard InChI is InChI=1S/C32H40N2O6/c1-37-28-12-11-25-22(9-7-10-26(25)31(28)40-4)14-24(35)20-33-13-6-5-8-21(17-33)18-34-19-23-15-29(38-2)30(39-3)16-27(23)32(34)36/h7,9-12,15-16,21,24,35H,5-6,8,13-14,17-20H2,1-4H3. The van der Waals surface area contributed by atoms with Crippen molar-refractivity contribution in [2.24, 2.45) is 5.92 Å². The second kappa shape index (κ2) is 12.4. The van der Waals surface area contributed by atoms with Gasteiger partial charge >= 0.3 is 0 Å². The summed E-state index contributed by atoms with van der Waals surface area (Å²) < 4.78 is 21.9. The van der Waals surface area contributed by atoms with Crippen LogP contribution in [0.5, 0.6) is 23.0 Å². The van der Waals surface area contributed by atoms with Crippen molar-refractivity contribution in [1.82, 2.24) is 9.80 Å². The molecule has 2 unspecified atom stereocenters. The Balaban J connectivity index is 1.23. The lowest BCUT2D eigenvalue weighted by atomic mass is 9.98. The van der Waals surface area contributed by atoms with Crippen LogP contribution in [-0.2, 0) is 13.0 Å². The first kappa shape index (κ1) is 28.1. The molecule has 1 amide bonds. The van der Waals surface area contributed by atoms with Gasteiger partial charge in [0.1, 0.15) is 0 Å². The summed E-state index contributed by atoms with van der Waals surface area (Å²) in [6.07, 6.45) is 3.34. The molecule has 0 aliphatic carbocycles. The Hall–Kier alpha value is -3.49. The Bertz CT molecular complexity index is 1360. The number of methoxy groups -OCH3 is 4. The number of rotatable bonds is 10. The monoisotopic (exact) mass is 548 g/mol. The molecule has 2 aliphatic rings. The van der Waals surface area contributed by atoms with E-state index in [-0.39, 0.29) is 5.91 Å². The molecule has 0 aromatic heterocycles. The molecular formula is C32H40N2O6. The summed E-state index contributed by atoms with van der Waals surface area (Å²) in [5, 5.41) is 13.2. The summed E-state index contributed by atoms with van der Waals surface area (Å²) in [4.78, 5) is 17.6. The first-order chi connectivity index (χ1) is 19.4. The van der Waals surface area contributed by atoms with E-state index in [1.54, 1.807) is 34.5 Å². The predicted molar refractivity (Wildman–Crippen MR) is 155 cm³/mol. The van der Waals surface area contributed by atoms with E-state index in [0.717, 1.165) is 54.3 Å². The van der Waals surface area contributed by atoms with E-state index in [4.69, 9.17) is 18.9 Å². The normalized spacial score (nSPS) is 18.4. The van der Waals surface area contributed by atoms with Gasteiger partial charge in [-0.05, 0) is 60.0 Å². The van der Waals surface area contributed by atoms with E-state index in [2.05, 4.69) is 11.0 Å². The maximum Gasteiger partial charge on any atom is 0.254 e. The fraction of sp³-hybridized carbons (Fsp3) is 0.469. The average Bonchev–Trinajstić information content (AvgIpc) is 3.10. The van der Waals surface area contributed by atoms with Crippen molar-refractivity contribution in [3.63, 3.8) is 0 Å². The number of aliphatic hydroxyl groups excluding tert-OH is 1. The highest BCUT2D eigenvalue weighted by molar-refractivity contribution is 5.99. The number of aliphatic hydroxyl groups is 1. The summed E-state index contributed by atoms with van der Waals surface area (Å²) in [5.74, 6) is 3.04. The lowest BCUT2D eigenvalue weighted by molar-refractivity contribution is 0.0711. The molecule has 2 aliphatic heterocycles. The van der Waals surface area contributed by atoms with Crippen LogP contribution >= 0.6 is 0 Å². The number of likely N-dealkylation sites (tertiary alicyclic amines) is 1. The number of fused-ring (bicyclic) bond motifs is 2. The topological polar surface area (TPSA) is 80.7 Å². The Morgan fingerprint density at radius 1 is 0.925 bits per heavy atom. The number of carbonyl (C=O) groups is 1. The SMILES string of the molecule is COc1cc2c(cc1OC)C(=O)N(CC1CCCCN(CC(O)Cc3cccc4c(OC)c(OC)ccc34)C1)C2. The molecule has 214 valence electrons. The minimum absolute atomic E-state index is 0.0507. The number of benzene rings is 3. The molecule has 40 heavy (non-hydrogen) atoms. The van der Waals surface area contributed by atoms with Crippen molar-refractivity contribution in [2.45, 2.75) is 38.3 Å². The lowest BCUT2D eigenvalue weighted by Gasteiger charge is -2.29. The zero-order chi connectivity index (χ0) is 28.2.